The molecule has 3 aromatic rings. The lowest BCUT2D eigenvalue weighted by Gasteiger charge is -2.32. The lowest BCUT2D eigenvalue weighted by molar-refractivity contribution is -0.275. The number of carbonyl (C=O) groups is 1. The number of hydrogen-bond acceptors (Lipinski definition) is 5. The van der Waals surface area contributed by atoms with Gasteiger partial charge in [-0.3, -0.25) is 0 Å². The van der Waals surface area contributed by atoms with Crippen LogP contribution in [0.4, 0.5) is 17.6 Å². The standard InChI is InChI=1S/C22H21F4N3O4/c1-9-12(23)6-5-11(17(9)32-4)16-10(2)21(3,22(24,25)26)33-18(16)19-28-13-7-14(20(30)31)27-8-15(13)29-19/h5-8,10,16,18H,1-4H3,(H,28,29)(H,30,31)/t10-,16-,18+,21+/m0/s1. The average molecular weight is 467 g/mol. The van der Waals surface area contributed by atoms with Crippen LogP contribution in [0.15, 0.2) is 24.4 Å². The Morgan fingerprint density at radius 3 is 2.64 bits per heavy atom. The lowest BCUT2D eigenvalue weighted by Crippen LogP contribution is -2.46. The molecule has 7 nitrogen and oxygen atoms in total. The van der Waals surface area contributed by atoms with Crippen LogP contribution in [0.1, 0.15) is 53.3 Å². The van der Waals surface area contributed by atoms with Gasteiger partial charge >= 0.3 is 12.1 Å². The highest BCUT2D eigenvalue weighted by molar-refractivity contribution is 5.89. The predicted molar refractivity (Wildman–Crippen MR) is 109 cm³/mol. The third-order valence-corrected chi connectivity index (χ3v) is 6.48. The Balaban J connectivity index is 1.91. The van der Waals surface area contributed by atoms with Crippen molar-refractivity contribution in [3.8, 4) is 5.75 Å². The zero-order chi connectivity index (χ0) is 24.3. The predicted octanol–water partition coefficient (Wildman–Crippen LogP) is 4.92. The Morgan fingerprint density at radius 2 is 2.03 bits per heavy atom. The summed E-state index contributed by atoms with van der Waals surface area (Å²) in [6.45, 7) is 3.87. The van der Waals surface area contributed by atoms with Crippen molar-refractivity contribution >= 4 is 17.0 Å². The molecule has 33 heavy (non-hydrogen) atoms. The van der Waals surface area contributed by atoms with Crippen LogP contribution < -0.4 is 4.74 Å². The normalized spacial score (nSPS) is 25.5. The summed E-state index contributed by atoms with van der Waals surface area (Å²) < 4.78 is 67.6. The van der Waals surface area contributed by atoms with Gasteiger partial charge in [-0.1, -0.05) is 13.0 Å². The summed E-state index contributed by atoms with van der Waals surface area (Å²) in [7, 11) is 1.32. The minimum Gasteiger partial charge on any atom is -0.496 e. The molecule has 1 aliphatic heterocycles. The minimum atomic E-state index is -4.70. The summed E-state index contributed by atoms with van der Waals surface area (Å²) in [6.07, 6.45) is -4.66. The van der Waals surface area contributed by atoms with Gasteiger partial charge in [-0.25, -0.2) is 19.2 Å². The molecule has 4 atom stereocenters. The van der Waals surface area contributed by atoms with Crippen LogP contribution in [0.25, 0.3) is 11.0 Å². The Hall–Kier alpha value is -3.21. The number of hydrogen-bond donors (Lipinski definition) is 2. The molecule has 3 heterocycles. The van der Waals surface area contributed by atoms with Gasteiger partial charge in [-0.2, -0.15) is 13.2 Å². The fourth-order valence-electron chi connectivity index (χ4n) is 4.44. The fourth-order valence-corrected chi connectivity index (χ4v) is 4.44. The van der Waals surface area contributed by atoms with Gasteiger partial charge in [0.25, 0.3) is 0 Å². The number of carboxylic acid groups (broad SMARTS) is 1. The number of imidazole rings is 1. The monoisotopic (exact) mass is 467 g/mol. The Bertz CT molecular complexity index is 1240. The fraction of sp³-hybridized carbons (Fsp3) is 0.409. The van der Waals surface area contributed by atoms with Crippen LogP contribution in [-0.2, 0) is 4.74 Å². The molecule has 1 saturated heterocycles. The Kier molecular flexibility index (Phi) is 5.35. The molecular formula is C22H21F4N3O4. The van der Waals surface area contributed by atoms with Crippen molar-refractivity contribution in [2.75, 3.05) is 7.11 Å². The number of alkyl halides is 3. The van der Waals surface area contributed by atoms with Gasteiger partial charge in [0.15, 0.2) is 5.60 Å². The van der Waals surface area contributed by atoms with E-state index in [9.17, 15) is 22.4 Å². The third-order valence-electron chi connectivity index (χ3n) is 6.48. The number of halogens is 4. The first kappa shape index (κ1) is 23.0. The van der Waals surface area contributed by atoms with E-state index in [0.717, 1.165) is 6.92 Å². The number of H-pyrrole nitrogens is 1. The molecule has 0 unspecified atom stereocenters. The maximum absolute atomic E-state index is 14.2. The van der Waals surface area contributed by atoms with Crippen LogP contribution in [0.2, 0.25) is 0 Å². The van der Waals surface area contributed by atoms with Crippen LogP contribution in [-0.4, -0.2) is 44.9 Å². The summed E-state index contributed by atoms with van der Waals surface area (Å²) in [5, 5.41) is 9.16. The van der Waals surface area contributed by atoms with Gasteiger partial charge in [-0.05, 0) is 26.0 Å². The number of nitrogens with zero attached hydrogens (tertiary/aromatic N) is 2. The third kappa shape index (κ3) is 3.50. The van der Waals surface area contributed by atoms with Crippen LogP contribution in [0.5, 0.6) is 5.75 Å². The number of aromatic amines is 1. The first-order valence-electron chi connectivity index (χ1n) is 10.1. The second-order valence-corrected chi connectivity index (χ2v) is 8.27. The second-order valence-electron chi connectivity index (χ2n) is 8.27. The molecule has 0 spiro atoms. The molecule has 4 rings (SSSR count). The summed E-state index contributed by atoms with van der Waals surface area (Å²) >= 11 is 0. The van der Waals surface area contributed by atoms with E-state index in [1.807, 2.05) is 0 Å². The maximum atomic E-state index is 14.2. The molecule has 2 aromatic heterocycles. The molecule has 11 heteroatoms. The van der Waals surface area contributed by atoms with Crippen molar-refractivity contribution in [2.24, 2.45) is 5.92 Å². The number of ether oxygens (including phenoxy) is 2. The van der Waals surface area contributed by atoms with Crippen molar-refractivity contribution in [3.63, 3.8) is 0 Å². The molecule has 1 aromatic carbocycles. The van der Waals surface area contributed by atoms with Gasteiger partial charge in [0.2, 0.25) is 0 Å². The van der Waals surface area contributed by atoms with E-state index in [4.69, 9.17) is 14.6 Å². The first-order chi connectivity index (χ1) is 15.4. The number of carboxylic acids is 1. The molecule has 0 radical (unpaired) electrons. The van der Waals surface area contributed by atoms with Crippen molar-refractivity contribution < 1.29 is 36.9 Å². The quantitative estimate of drug-likeness (QED) is 0.529. The first-order valence-corrected chi connectivity index (χ1v) is 10.1. The molecule has 2 N–H and O–H groups in total. The SMILES string of the molecule is COc1c([C@H]2[C@H](c3nc4cc(C(=O)O)ncc4[nH]3)O[C@@](C)(C(F)(F)F)[C@H]2C)ccc(F)c1C. The average Bonchev–Trinajstić information content (AvgIpc) is 3.28. The van der Waals surface area contributed by atoms with Crippen molar-refractivity contribution in [1.82, 2.24) is 15.0 Å². The van der Waals surface area contributed by atoms with Gasteiger partial charge in [0.05, 0.1) is 24.3 Å². The van der Waals surface area contributed by atoms with Gasteiger partial charge < -0.3 is 19.6 Å². The van der Waals surface area contributed by atoms with Crippen LogP contribution in [0, 0.1) is 18.7 Å². The van der Waals surface area contributed by atoms with Crippen molar-refractivity contribution in [1.29, 1.82) is 0 Å². The molecule has 0 aliphatic carbocycles. The molecule has 176 valence electrons. The number of fused-ring (bicyclic) bond motifs is 1. The molecule has 1 aliphatic rings. The number of pyridine rings is 1. The topological polar surface area (TPSA) is 97.3 Å². The highest BCUT2D eigenvalue weighted by atomic mass is 19.4. The highest BCUT2D eigenvalue weighted by Gasteiger charge is 2.65. The van der Waals surface area contributed by atoms with E-state index >= 15 is 0 Å². The summed E-state index contributed by atoms with van der Waals surface area (Å²) in [5.41, 5.74) is -1.70. The zero-order valence-corrected chi connectivity index (χ0v) is 18.1. The number of aromatic nitrogens is 3. The zero-order valence-electron chi connectivity index (χ0n) is 18.1. The second kappa shape index (κ2) is 7.68. The number of rotatable bonds is 4. The molecule has 1 fully saturated rings. The van der Waals surface area contributed by atoms with Crippen molar-refractivity contribution in [2.45, 2.75) is 44.6 Å². The largest absolute Gasteiger partial charge is 0.496 e. The van der Waals surface area contributed by atoms with E-state index in [-0.39, 0.29) is 28.3 Å². The van der Waals surface area contributed by atoms with E-state index in [2.05, 4.69) is 15.0 Å². The van der Waals surface area contributed by atoms with E-state index in [1.54, 1.807) is 0 Å². The lowest BCUT2D eigenvalue weighted by atomic mass is 9.76. The number of benzene rings is 1. The van der Waals surface area contributed by atoms with Gasteiger partial charge in [0.1, 0.15) is 29.2 Å². The Morgan fingerprint density at radius 1 is 1.33 bits per heavy atom. The molecular weight excluding hydrogens is 446 g/mol. The van der Waals surface area contributed by atoms with E-state index < -0.39 is 41.5 Å². The summed E-state index contributed by atoms with van der Waals surface area (Å²) in [6, 6.07) is 3.80. The maximum Gasteiger partial charge on any atom is 0.417 e. The van der Waals surface area contributed by atoms with Crippen LogP contribution >= 0.6 is 0 Å². The number of methoxy groups -OCH3 is 1. The smallest absolute Gasteiger partial charge is 0.417 e. The van der Waals surface area contributed by atoms with Crippen molar-refractivity contribution in [3.05, 3.63) is 52.9 Å². The highest BCUT2D eigenvalue weighted by Crippen LogP contribution is 2.59. The Labute approximate surface area is 185 Å². The van der Waals surface area contributed by atoms with Gasteiger partial charge in [-0.15, -0.1) is 0 Å². The van der Waals surface area contributed by atoms with Gasteiger partial charge in [0, 0.05) is 23.0 Å². The summed E-state index contributed by atoms with van der Waals surface area (Å²) in [4.78, 5) is 22.2. The molecule has 0 amide bonds. The van der Waals surface area contributed by atoms with Crippen LogP contribution in [0.3, 0.4) is 0 Å². The van der Waals surface area contributed by atoms with E-state index in [0.29, 0.717) is 11.1 Å². The number of aromatic carboxylic acids is 1. The van der Waals surface area contributed by atoms with E-state index in [1.165, 1.54) is 45.4 Å². The number of nitrogens with one attached hydrogen (secondary N) is 1. The summed E-state index contributed by atoms with van der Waals surface area (Å²) in [5.74, 6) is -3.60. The molecule has 0 bridgehead atoms. The minimum absolute atomic E-state index is 0.0724. The molecule has 0 saturated carbocycles.